The van der Waals surface area contributed by atoms with Crippen molar-refractivity contribution in [3.63, 3.8) is 0 Å². The second-order valence-electron chi connectivity index (χ2n) is 14.6. The summed E-state index contributed by atoms with van der Waals surface area (Å²) in [7, 11) is 0. The van der Waals surface area contributed by atoms with Gasteiger partial charge < -0.3 is 0 Å². The maximum absolute atomic E-state index is 5.40. The molecule has 3 nitrogen and oxygen atoms in total. The fraction of sp³-hybridized carbons (Fsp3) is 0.109. The van der Waals surface area contributed by atoms with Gasteiger partial charge in [-0.25, -0.2) is 9.97 Å². The fourth-order valence-corrected chi connectivity index (χ4v) is 7.39. The number of benzene rings is 6. The molecular formula is C55H47N3. The molecule has 0 N–H and O–H groups in total. The first-order chi connectivity index (χ1) is 28.6. The summed E-state index contributed by atoms with van der Waals surface area (Å²) >= 11 is 0. The van der Waals surface area contributed by atoms with Crippen LogP contribution in [0.5, 0.6) is 0 Å². The quantitative estimate of drug-likeness (QED) is 0.0921. The average Bonchev–Trinajstić information content (AvgIpc) is 3.31. The molecule has 8 rings (SSSR count). The van der Waals surface area contributed by atoms with Crippen molar-refractivity contribution < 1.29 is 0 Å². The summed E-state index contributed by atoms with van der Waals surface area (Å²) in [5.74, 6) is 0.667. The first-order valence-corrected chi connectivity index (χ1v) is 20.3. The Kier molecular flexibility index (Phi) is 12.0. The predicted octanol–water partition coefficient (Wildman–Crippen LogP) is 15.0. The van der Waals surface area contributed by atoms with Crippen molar-refractivity contribution in [2.45, 2.75) is 39.5 Å². The number of hydrogen-bond acceptors (Lipinski definition) is 3. The molecule has 1 aliphatic carbocycles. The van der Waals surface area contributed by atoms with Gasteiger partial charge in [-0.3, -0.25) is 4.99 Å². The van der Waals surface area contributed by atoms with Crippen molar-refractivity contribution >= 4 is 17.4 Å². The Morgan fingerprint density at radius 1 is 0.552 bits per heavy atom. The zero-order chi connectivity index (χ0) is 39.5. The van der Waals surface area contributed by atoms with Crippen molar-refractivity contribution in [1.29, 1.82) is 0 Å². The van der Waals surface area contributed by atoms with E-state index in [2.05, 4.69) is 200 Å². The highest BCUT2D eigenvalue weighted by Crippen LogP contribution is 2.37. The summed E-state index contributed by atoms with van der Waals surface area (Å²) in [6.07, 6.45) is 19.2. The van der Waals surface area contributed by atoms with Gasteiger partial charge in [-0.15, -0.1) is 0 Å². The third kappa shape index (κ3) is 9.01. The number of aliphatic imine (C=N–C) groups is 1. The van der Waals surface area contributed by atoms with Crippen LogP contribution in [-0.4, -0.2) is 16.2 Å². The van der Waals surface area contributed by atoms with Crippen LogP contribution in [0.1, 0.15) is 50.7 Å². The Hall–Kier alpha value is -6.97. The van der Waals surface area contributed by atoms with Gasteiger partial charge in [0.15, 0.2) is 5.82 Å². The molecule has 0 spiro atoms. The van der Waals surface area contributed by atoms with Crippen LogP contribution in [0.3, 0.4) is 0 Å². The molecule has 0 unspecified atom stereocenters. The Labute approximate surface area is 343 Å². The molecule has 7 aromatic rings. The molecule has 6 aromatic carbocycles. The van der Waals surface area contributed by atoms with E-state index in [1.807, 2.05) is 19.3 Å². The molecular weight excluding hydrogens is 703 g/mol. The smallest absolute Gasteiger partial charge is 0.160 e. The molecule has 1 heterocycles. The van der Waals surface area contributed by atoms with Crippen LogP contribution in [0.4, 0.5) is 0 Å². The molecule has 282 valence electrons. The molecule has 0 fully saturated rings. The largest absolute Gasteiger partial charge is 0.269 e. The third-order valence-electron chi connectivity index (χ3n) is 10.4. The first-order valence-electron chi connectivity index (χ1n) is 20.3. The highest BCUT2D eigenvalue weighted by molar-refractivity contribution is 5.86. The van der Waals surface area contributed by atoms with E-state index in [-0.39, 0.29) is 0 Å². The normalized spacial score (nSPS) is 13.0. The van der Waals surface area contributed by atoms with E-state index >= 15 is 0 Å². The van der Waals surface area contributed by atoms with Gasteiger partial charge in [0.05, 0.1) is 11.4 Å². The van der Waals surface area contributed by atoms with E-state index in [1.54, 1.807) is 0 Å². The molecule has 58 heavy (non-hydrogen) atoms. The molecule has 1 aliphatic rings. The summed E-state index contributed by atoms with van der Waals surface area (Å²) in [4.78, 5) is 15.3. The number of rotatable bonds is 12. The van der Waals surface area contributed by atoms with Crippen LogP contribution in [-0.2, 0) is 0 Å². The van der Waals surface area contributed by atoms with E-state index in [0.29, 0.717) is 5.82 Å². The summed E-state index contributed by atoms with van der Waals surface area (Å²) < 4.78 is 0. The lowest BCUT2D eigenvalue weighted by atomic mass is 9.92. The average molecular weight is 750 g/mol. The van der Waals surface area contributed by atoms with Crippen LogP contribution in [0.15, 0.2) is 199 Å². The molecule has 0 saturated heterocycles. The molecule has 0 saturated carbocycles. The first kappa shape index (κ1) is 37.9. The lowest BCUT2D eigenvalue weighted by Crippen LogP contribution is -1.98. The number of nitrogens with zero attached hydrogens (tertiary/aromatic N) is 3. The van der Waals surface area contributed by atoms with Gasteiger partial charge >= 0.3 is 0 Å². The minimum atomic E-state index is 0.667. The number of aromatic nitrogens is 2. The number of allylic oxidation sites excluding steroid dienone is 7. The van der Waals surface area contributed by atoms with Gasteiger partial charge in [0, 0.05) is 29.1 Å². The molecule has 0 bridgehead atoms. The molecule has 0 atom stereocenters. The van der Waals surface area contributed by atoms with E-state index in [9.17, 15) is 0 Å². The van der Waals surface area contributed by atoms with E-state index < -0.39 is 0 Å². The predicted molar refractivity (Wildman–Crippen MR) is 247 cm³/mol. The second-order valence-corrected chi connectivity index (χ2v) is 14.6. The molecule has 0 amide bonds. The van der Waals surface area contributed by atoms with Crippen molar-refractivity contribution in [2.24, 2.45) is 4.99 Å². The molecule has 0 aliphatic heterocycles. The SMILES string of the molecule is CC=NC=C(C=CCCC)c1cccc(-c2nc(-c3cc(C4=CCCC=C4)cc(-c4ccccc4)c3)cc(-c3cc(-c4ccccc4)cc(-c4ccccc4)c3)n2)c1. The minimum Gasteiger partial charge on any atom is -0.269 e. The number of hydrogen-bond donors (Lipinski definition) is 0. The van der Waals surface area contributed by atoms with Crippen LogP contribution in [0, 0.1) is 0 Å². The van der Waals surface area contributed by atoms with Gasteiger partial charge in [-0.2, -0.15) is 0 Å². The standard InChI is InChI=1S/C55H47N3/c1-3-5-10-28-46(39-56-4-2)44-29-19-30-45(31-44)55-57-53(51-34-47(40-20-11-6-12-21-40)32-48(35-51)41-22-13-7-14-23-41)38-54(58-55)52-36-49(42-24-15-8-16-25-42)33-50(37-52)43-26-17-9-18-27-43/h4,6-8,10-17,19-39H,3,5,9,18H2,1-2H3. The van der Waals surface area contributed by atoms with Crippen LogP contribution in [0.2, 0.25) is 0 Å². The van der Waals surface area contributed by atoms with Crippen molar-refractivity contribution in [2.75, 3.05) is 0 Å². The van der Waals surface area contributed by atoms with Gasteiger partial charge in [0.2, 0.25) is 0 Å². The van der Waals surface area contributed by atoms with Gasteiger partial charge in [-0.1, -0.05) is 153 Å². The summed E-state index contributed by atoms with van der Waals surface area (Å²) in [6, 6.07) is 56.2. The highest BCUT2D eigenvalue weighted by Gasteiger charge is 2.16. The molecule has 1 aromatic heterocycles. The van der Waals surface area contributed by atoms with Crippen LogP contribution < -0.4 is 0 Å². The third-order valence-corrected chi connectivity index (χ3v) is 10.4. The highest BCUT2D eigenvalue weighted by atomic mass is 14.9. The van der Waals surface area contributed by atoms with E-state index in [1.165, 1.54) is 16.7 Å². The van der Waals surface area contributed by atoms with Crippen molar-refractivity contribution in [3.8, 4) is 67.3 Å². The lowest BCUT2D eigenvalue weighted by Gasteiger charge is -2.16. The summed E-state index contributed by atoms with van der Waals surface area (Å²) in [5.41, 5.74) is 16.2. The van der Waals surface area contributed by atoms with Crippen LogP contribution >= 0.6 is 0 Å². The maximum atomic E-state index is 5.40. The fourth-order valence-electron chi connectivity index (χ4n) is 7.39. The monoisotopic (exact) mass is 749 g/mol. The Morgan fingerprint density at radius 2 is 1.09 bits per heavy atom. The number of unbranched alkanes of at least 4 members (excludes halogenated alkanes) is 1. The Balaban J connectivity index is 1.36. The topological polar surface area (TPSA) is 38.1 Å². The Bertz CT molecular complexity index is 2610. The van der Waals surface area contributed by atoms with Gasteiger partial charge in [-0.05, 0) is 130 Å². The van der Waals surface area contributed by atoms with Crippen molar-refractivity contribution in [3.05, 3.63) is 205 Å². The molecule has 0 radical (unpaired) electrons. The van der Waals surface area contributed by atoms with Crippen LogP contribution in [0.25, 0.3) is 78.4 Å². The zero-order valence-corrected chi connectivity index (χ0v) is 33.2. The van der Waals surface area contributed by atoms with E-state index in [0.717, 1.165) is 92.7 Å². The lowest BCUT2D eigenvalue weighted by molar-refractivity contribution is 0.959. The minimum absolute atomic E-state index is 0.667. The van der Waals surface area contributed by atoms with Crippen molar-refractivity contribution in [1.82, 2.24) is 9.97 Å². The summed E-state index contributed by atoms with van der Waals surface area (Å²) in [5, 5.41) is 0. The summed E-state index contributed by atoms with van der Waals surface area (Å²) in [6.45, 7) is 4.14. The van der Waals surface area contributed by atoms with E-state index in [4.69, 9.17) is 9.97 Å². The Morgan fingerprint density at radius 3 is 1.62 bits per heavy atom. The second kappa shape index (κ2) is 18.3. The molecule has 3 heteroatoms. The van der Waals surface area contributed by atoms with Gasteiger partial charge in [0.25, 0.3) is 0 Å². The zero-order valence-electron chi connectivity index (χ0n) is 33.2. The maximum Gasteiger partial charge on any atom is 0.160 e. The van der Waals surface area contributed by atoms with Gasteiger partial charge in [0.1, 0.15) is 0 Å².